The molecule has 0 atom stereocenters. The Labute approximate surface area is 101 Å². The van der Waals surface area contributed by atoms with E-state index in [-0.39, 0.29) is 0 Å². The van der Waals surface area contributed by atoms with Gasteiger partial charge in [-0.2, -0.15) is 0 Å². The molecule has 2 rings (SSSR count). The maximum atomic E-state index is 5.87. The number of benzene rings is 1. The van der Waals surface area contributed by atoms with Crippen molar-refractivity contribution in [3.8, 4) is 12.3 Å². The maximum absolute atomic E-state index is 5.87. The number of hydrogen-bond acceptors (Lipinski definition) is 3. The number of hydrogen-bond donors (Lipinski definition) is 2. The van der Waals surface area contributed by atoms with Gasteiger partial charge in [-0.05, 0) is 36.8 Å². The van der Waals surface area contributed by atoms with Crippen molar-refractivity contribution >= 4 is 17.2 Å². The van der Waals surface area contributed by atoms with Gasteiger partial charge in [0.1, 0.15) is 0 Å². The van der Waals surface area contributed by atoms with E-state index in [4.69, 9.17) is 12.2 Å². The van der Waals surface area contributed by atoms with Crippen LogP contribution in [-0.2, 0) is 0 Å². The molecule has 0 aliphatic rings. The first kappa shape index (κ1) is 11.0. The minimum Gasteiger partial charge on any atom is -0.396 e. The molecule has 0 aliphatic carbocycles. The molecule has 3 heteroatoms. The third kappa shape index (κ3) is 2.56. The Morgan fingerprint density at radius 2 is 2.18 bits per heavy atom. The zero-order valence-electron chi connectivity index (χ0n) is 9.57. The average molecular weight is 223 g/mol. The van der Waals surface area contributed by atoms with Crippen LogP contribution in [0.1, 0.15) is 11.1 Å². The van der Waals surface area contributed by atoms with Crippen molar-refractivity contribution < 1.29 is 0 Å². The SMILES string of the molecule is C#Cc1cccc(Nc2ncc(C)cc2N)c1. The van der Waals surface area contributed by atoms with E-state index < -0.39 is 0 Å². The van der Waals surface area contributed by atoms with E-state index in [0.29, 0.717) is 11.5 Å². The number of nitrogens with zero attached hydrogens (tertiary/aromatic N) is 1. The van der Waals surface area contributed by atoms with E-state index in [0.717, 1.165) is 16.8 Å². The summed E-state index contributed by atoms with van der Waals surface area (Å²) in [4.78, 5) is 4.24. The molecular weight excluding hydrogens is 210 g/mol. The van der Waals surface area contributed by atoms with Gasteiger partial charge < -0.3 is 11.1 Å². The highest BCUT2D eigenvalue weighted by Gasteiger charge is 2.01. The summed E-state index contributed by atoms with van der Waals surface area (Å²) in [6.07, 6.45) is 7.11. The monoisotopic (exact) mass is 223 g/mol. The second-order valence-electron chi connectivity index (χ2n) is 3.80. The molecule has 0 radical (unpaired) electrons. The van der Waals surface area contributed by atoms with Crippen LogP contribution >= 0.6 is 0 Å². The molecular formula is C14H13N3. The first-order valence-corrected chi connectivity index (χ1v) is 5.25. The maximum Gasteiger partial charge on any atom is 0.153 e. The van der Waals surface area contributed by atoms with E-state index in [9.17, 15) is 0 Å². The summed E-state index contributed by atoms with van der Waals surface area (Å²) in [5.41, 5.74) is 9.23. The molecule has 1 heterocycles. The number of nitrogens with one attached hydrogen (secondary N) is 1. The smallest absolute Gasteiger partial charge is 0.153 e. The van der Waals surface area contributed by atoms with E-state index in [2.05, 4.69) is 16.2 Å². The van der Waals surface area contributed by atoms with Gasteiger partial charge >= 0.3 is 0 Å². The summed E-state index contributed by atoms with van der Waals surface area (Å²) >= 11 is 0. The molecule has 0 unspecified atom stereocenters. The number of nitrogen functional groups attached to an aromatic ring is 1. The van der Waals surface area contributed by atoms with Crippen molar-refractivity contribution in [2.45, 2.75) is 6.92 Å². The van der Waals surface area contributed by atoms with Gasteiger partial charge in [-0.15, -0.1) is 6.42 Å². The first-order valence-electron chi connectivity index (χ1n) is 5.25. The lowest BCUT2D eigenvalue weighted by molar-refractivity contribution is 1.26. The molecule has 1 aromatic carbocycles. The Hall–Kier alpha value is -2.47. The molecule has 84 valence electrons. The summed E-state index contributed by atoms with van der Waals surface area (Å²) in [7, 11) is 0. The second kappa shape index (κ2) is 4.58. The van der Waals surface area contributed by atoms with Crippen LogP contribution in [0.2, 0.25) is 0 Å². The number of aryl methyl sites for hydroxylation is 1. The number of pyridine rings is 1. The molecule has 2 aromatic rings. The van der Waals surface area contributed by atoms with Gasteiger partial charge in [-0.3, -0.25) is 0 Å². The highest BCUT2D eigenvalue weighted by molar-refractivity contribution is 5.69. The van der Waals surface area contributed by atoms with Crippen LogP contribution in [0.25, 0.3) is 0 Å². The molecule has 0 spiro atoms. The molecule has 0 saturated heterocycles. The molecule has 3 N–H and O–H groups in total. The Balaban J connectivity index is 2.28. The van der Waals surface area contributed by atoms with E-state index in [1.165, 1.54) is 0 Å². The molecule has 0 aliphatic heterocycles. The van der Waals surface area contributed by atoms with Gasteiger partial charge in [0.15, 0.2) is 5.82 Å². The van der Waals surface area contributed by atoms with E-state index >= 15 is 0 Å². The lowest BCUT2D eigenvalue weighted by atomic mass is 10.2. The molecule has 0 amide bonds. The average Bonchev–Trinajstić information content (AvgIpc) is 2.33. The largest absolute Gasteiger partial charge is 0.396 e. The third-order valence-corrected chi connectivity index (χ3v) is 2.35. The lowest BCUT2D eigenvalue weighted by Gasteiger charge is -2.08. The Bertz CT molecular complexity index is 582. The molecule has 17 heavy (non-hydrogen) atoms. The molecule has 0 saturated carbocycles. The zero-order valence-corrected chi connectivity index (χ0v) is 9.57. The van der Waals surface area contributed by atoms with Gasteiger partial charge in [0, 0.05) is 17.4 Å². The van der Waals surface area contributed by atoms with Crippen molar-refractivity contribution in [3.63, 3.8) is 0 Å². The Morgan fingerprint density at radius 1 is 1.35 bits per heavy atom. The molecule has 1 aromatic heterocycles. The first-order chi connectivity index (χ1) is 8.19. The number of rotatable bonds is 2. The van der Waals surface area contributed by atoms with Gasteiger partial charge in [0.2, 0.25) is 0 Å². The normalized spacial score (nSPS) is 9.65. The van der Waals surface area contributed by atoms with Gasteiger partial charge in [0.25, 0.3) is 0 Å². The summed E-state index contributed by atoms with van der Waals surface area (Å²) in [6, 6.07) is 9.43. The molecule has 0 bridgehead atoms. The van der Waals surface area contributed by atoms with Crippen LogP contribution in [0, 0.1) is 19.3 Å². The molecule has 0 fully saturated rings. The van der Waals surface area contributed by atoms with E-state index in [1.54, 1.807) is 6.20 Å². The number of terminal acetylenes is 1. The highest BCUT2D eigenvalue weighted by Crippen LogP contribution is 2.21. The summed E-state index contributed by atoms with van der Waals surface area (Å²) in [5.74, 6) is 3.23. The molecule has 3 nitrogen and oxygen atoms in total. The van der Waals surface area contributed by atoms with Crippen molar-refractivity contribution in [1.82, 2.24) is 4.98 Å². The summed E-state index contributed by atoms with van der Waals surface area (Å²) in [5, 5.41) is 3.14. The van der Waals surface area contributed by atoms with Crippen LogP contribution in [0.15, 0.2) is 36.5 Å². The van der Waals surface area contributed by atoms with Gasteiger partial charge in [-0.25, -0.2) is 4.98 Å². The van der Waals surface area contributed by atoms with Crippen LogP contribution < -0.4 is 11.1 Å². The van der Waals surface area contributed by atoms with Crippen molar-refractivity contribution in [3.05, 3.63) is 47.7 Å². The fourth-order valence-electron chi connectivity index (χ4n) is 1.52. The third-order valence-electron chi connectivity index (χ3n) is 2.35. The topological polar surface area (TPSA) is 50.9 Å². The minimum atomic E-state index is 0.621. The zero-order chi connectivity index (χ0) is 12.3. The fraction of sp³-hybridized carbons (Fsp3) is 0.0714. The van der Waals surface area contributed by atoms with Crippen LogP contribution in [0.5, 0.6) is 0 Å². The van der Waals surface area contributed by atoms with Crippen LogP contribution in [-0.4, -0.2) is 4.98 Å². The van der Waals surface area contributed by atoms with E-state index in [1.807, 2.05) is 37.3 Å². The van der Waals surface area contributed by atoms with Crippen molar-refractivity contribution in [2.24, 2.45) is 0 Å². The Morgan fingerprint density at radius 3 is 2.88 bits per heavy atom. The summed E-state index contributed by atoms with van der Waals surface area (Å²) in [6.45, 7) is 1.95. The number of anilines is 3. The quantitative estimate of drug-likeness (QED) is 0.770. The highest BCUT2D eigenvalue weighted by atomic mass is 15.0. The standard InChI is InChI=1S/C14H13N3/c1-3-11-5-4-6-12(8-11)17-14-13(15)7-10(2)9-16-14/h1,4-9H,15H2,2H3,(H,16,17). The van der Waals surface area contributed by atoms with Crippen molar-refractivity contribution in [1.29, 1.82) is 0 Å². The fourth-order valence-corrected chi connectivity index (χ4v) is 1.52. The van der Waals surface area contributed by atoms with Crippen molar-refractivity contribution in [2.75, 3.05) is 11.1 Å². The minimum absolute atomic E-state index is 0.621. The Kier molecular flexibility index (Phi) is 2.97. The second-order valence-corrected chi connectivity index (χ2v) is 3.80. The predicted molar refractivity (Wildman–Crippen MR) is 71.0 cm³/mol. The van der Waals surface area contributed by atoms with Crippen LogP contribution in [0.4, 0.5) is 17.2 Å². The van der Waals surface area contributed by atoms with Gasteiger partial charge in [-0.1, -0.05) is 12.0 Å². The summed E-state index contributed by atoms with van der Waals surface area (Å²) < 4.78 is 0. The van der Waals surface area contributed by atoms with Crippen LogP contribution in [0.3, 0.4) is 0 Å². The van der Waals surface area contributed by atoms with Gasteiger partial charge in [0.05, 0.1) is 5.69 Å². The number of aromatic nitrogens is 1. The lowest BCUT2D eigenvalue weighted by Crippen LogP contribution is -1.99. The predicted octanol–water partition coefficient (Wildman–Crippen LogP) is 2.70. The number of nitrogens with two attached hydrogens (primary N) is 1.